The van der Waals surface area contributed by atoms with E-state index < -0.39 is 16.2 Å². The van der Waals surface area contributed by atoms with Crippen molar-refractivity contribution < 1.29 is 18.3 Å². The molecule has 2 fully saturated rings. The van der Waals surface area contributed by atoms with Crippen molar-refractivity contribution in [3.8, 4) is 0 Å². The van der Waals surface area contributed by atoms with Crippen molar-refractivity contribution in [1.82, 2.24) is 8.61 Å². The first kappa shape index (κ1) is 11.8. The predicted octanol–water partition coefficient (Wildman–Crippen LogP) is -0.267. The lowest BCUT2D eigenvalue weighted by atomic mass is 10.00. The maximum atomic E-state index is 12.0. The molecule has 0 unspecified atom stereocenters. The Morgan fingerprint density at radius 2 is 1.75 bits per heavy atom. The van der Waals surface area contributed by atoms with Crippen LogP contribution in [0.1, 0.15) is 19.3 Å². The minimum atomic E-state index is -3.30. The molecule has 1 N–H and O–H groups in total. The van der Waals surface area contributed by atoms with Crippen LogP contribution in [0, 0.1) is 5.92 Å². The summed E-state index contributed by atoms with van der Waals surface area (Å²) in [6, 6.07) is 0. The number of carbonyl (C=O) groups is 1. The molecule has 0 amide bonds. The average Bonchev–Trinajstić information content (AvgIpc) is 2.62. The Hall–Kier alpha value is -0.660. The number of aliphatic carboxylic acids is 1. The lowest BCUT2D eigenvalue weighted by Crippen LogP contribution is -2.54. The zero-order valence-electron chi connectivity index (χ0n) is 9.00. The number of carboxylic acid groups (broad SMARTS) is 1. The van der Waals surface area contributed by atoms with Crippen LogP contribution in [-0.2, 0) is 15.0 Å². The van der Waals surface area contributed by atoms with Crippen LogP contribution < -0.4 is 0 Å². The molecule has 16 heavy (non-hydrogen) atoms. The molecule has 2 saturated heterocycles. The zero-order valence-corrected chi connectivity index (χ0v) is 9.82. The van der Waals surface area contributed by atoms with E-state index in [0.717, 1.165) is 12.8 Å². The molecule has 6 nitrogen and oxygen atoms in total. The lowest BCUT2D eigenvalue weighted by molar-refractivity contribution is -0.139. The van der Waals surface area contributed by atoms with E-state index in [1.165, 1.54) is 8.61 Å². The monoisotopic (exact) mass is 248 g/mol. The largest absolute Gasteiger partial charge is 0.481 e. The highest BCUT2D eigenvalue weighted by atomic mass is 32.2. The van der Waals surface area contributed by atoms with Gasteiger partial charge in [0, 0.05) is 26.2 Å². The van der Waals surface area contributed by atoms with E-state index >= 15 is 0 Å². The normalized spacial score (nSPS) is 24.5. The third-order valence-electron chi connectivity index (χ3n) is 3.10. The van der Waals surface area contributed by atoms with Crippen LogP contribution in [0.5, 0.6) is 0 Å². The van der Waals surface area contributed by atoms with Gasteiger partial charge in [-0.2, -0.15) is 17.0 Å². The van der Waals surface area contributed by atoms with Crippen LogP contribution in [0.3, 0.4) is 0 Å². The molecule has 0 saturated carbocycles. The Balaban J connectivity index is 1.88. The molecule has 2 rings (SSSR count). The molecular formula is C9H16N2O4S. The maximum Gasteiger partial charge on any atom is 0.303 e. The molecule has 0 spiro atoms. The molecule has 0 radical (unpaired) electrons. The molecule has 2 aliphatic rings. The van der Waals surface area contributed by atoms with Crippen molar-refractivity contribution in [1.29, 1.82) is 0 Å². The van der Waals surface area contributed by atoms with Crippen molar-refractivity contribution >= 4 is 16.2 Å². The average molecular weight is 248 g/mol. The zero-order chi connectivity index (χ0) is 11.8. The molecule has 0 aromatic rings. The number of rotatable bonds is 4. The fraction of sp³-hybridized carbons (Fsp3) is 0.889. The van der Waals surface area contributed by atoms with E-state index in [-0.39, 0.29) is 12.3 Å². The number of hydrogen-bond donors (Lipinski definition) is 1. The van der Waals surface area contributed by atoms with Gasteiger partial charge in [0.15, 0.2) is 0 Å². The topological polar surface area (TPSA) is 77.9 Å². The summed E-state index contributed by atoms with van der Waals surface area (Å²) < 4.78 is 26.8. The number of nitrogens with zero attached hydrogens (tertiary/aromatic N) is 2. The van der Waals surface area contributed by atoms with Crippen LogP contribution in [0.25, 0.3) is 0 Å². The van der Waals surface area contributed by atoms with Gasteiger partial charge in [0.05, 0.1) is 6.42 Å². The second-order valence-corrected chi connectivity index (χ2v) is 6.32. The Kier molecular flexibility index (Phi) is 3.18. The van der Waals surface area contributed by atoms with Crippen LogP contribution in [-0.4, -0.2) is 54.3 Å². The maximum absolute atomic E-state index is 12.0. The highest BCUT2D eigenvalue weighted by molar-refractivity contribution is 7.86. The van der Waals surface area contributed by atoms with E-state index in [1.54, 1.807) is 0 Å². The predicted molar refractivity (Wildman–Crippen MR) is 57.0 cm³/mol. The van der Waals surface area contributed by atoms with Gasteiger partial charge in [-0.05, 0) is 18.8 Å². The highest BCUT2D eigenvalue weighted by Gasteiger charge is 2.40. The summed E-state index contributed by atoms with van der Waals surface area (Å²) >= 11 is 0. The Morgan fingerprint density at radius 3 is 2.25 bits per heavy atom. The summed E-state index contributed by atoms with van der Waals surface area (Å²) in [6.07, 6.45) is 1.91. The fourth-order valence-corrected chi connectivity index (χ4v) is 4.01. The van der Waals surface area contributed by atoms with Crippen LogP contribution >= 0.6 is 0 Å². The first-order chi connectivity index (χ1) is 7.50. The summed E-state index contributed by atoms with van der Waals surface area (Å²) in [6.45, 7) is 1.90. The summed E-state index contributed by atoms with van der Waals surface area (Å²) in [5.74, 6) is -0.877. The fourth-order valence-electron chi connectivity index (χ4n) is 2.17. The summed E-state index contributed by atoms with van der Waals surface area (Å²) in [4.78, 5) is 10.4. The van der Waals surface area contributed by atoms with E-state index in [9.17, 15) is 13.2 Å². The third-order valence-corrected chi connectivity index (χ3v) is 5.07. The molecule has 92 valence electrons. The Morgan fingerprint density at radius 1 is 1.19 bits per heavy atom. The molecule has 0 bridgehead atoms. The summed E-state index contributed by atoms with van der Waals surface area (Å²) in [5, 5.41) is 8.57. The Labute approximate surface area is 95.0 Å². The van der Waals surface area contributed by atoms with E-state index in [0.29, 0.717) is 26.2 Å². The van der Waals surface area contributed by atoms with E-state index in [4.69, 9.17) is 5.11 Å². The number of hydrogen-bond acceptors (Lipinski definition) is 3. The second-order valence-electron chi connectivity index (χ2n) is 4.39. The molecule has 0 atom stereocenters. The van der Waals surface area contributed by atoms with Crippen molar-refractivity contribution in [2.24, 2.45) is 5.92 Å². The van der Waals surface area contributed by atoms with Crippen LogP contribution in [0.2, 0.25) is 0 Å². The minimum Gasteiger partial charge on any atom is -0.481 e. The van der Waals surface area contributed by atoms with Crippen LogP contribution in [0.4, 0.5) is 0 Å². The second kappa shape index (κ2) is 4.31. The van der Waals surface area contributed by atoms with Crippen molar-refractivity contribution in [2.45, 2.75) is 19.3 Å². The van der Waals surface area contributed by atoms with Crippen molar-refractivity contribution in [2.75, 3.05) is 26.2 Å². The molecule has 0 aromatic carbocycles. The quantitative estimate of drug-likeness (QED) is 0.743. The lowest BCUT2D eigenvalue weighted by Gasteiger charge is -2.39. The first-order valence-electron chi connectivity index (χ1n) is 5.47. The van der Waals surface area contributed by atoms with Crippen molar-refractivity contribution in [3.63, 3.8) is 0 Å². The van der Waals surface area contributed by atoms with Gasteiger partial charge in [-0.15, -0.1) is 0 Å². The van der Waals surface area contributed by atoms with Gasteiger partial charge in [-0.3, -0.25) is 4.79 Å². The molecule has 2 heterocycles. The van der Waals surface area contributed by atoms with Gasteiger partial charge < -0.3 is 5.11 Å². The summed E-state index contributed by atoms with van der Waals surface area (Å²) in [5.41, 5.74) is 0. The van der Waals surface area contributed by atoms with Gasteiger partial charge >= 0.3 is 5.97 Å². The van der Waals surface area contributed by atoms with E-state index in [2.05, 4.69) is 0 Å². The minimum absolute atomic E-state index is 0.0186. The SMILES string of the molecule is O=C(O)CC1CN(S(=O)(=O)N2CCCC2)C1. The Bertz CT molecular complexity index is 369. The number of carboxylic acids is 1. The van der Waals surface area contributed by atoms with Crippen molar-refractivity contribution in [3.05, 3.63) is 0 Å². The molecule has 7 heteroatoms. The first-order valence-corrected chi connectivity index (χ1v) is 6.87. The molecule has 2 aliphatic heterocycles. The summed E-state index contributed by atoms with van der Waals surface area (Å²) in [7, 11) is -3.30. The van der Waals surface area contributed by atoms with Gasteiger partial charge in [0.2, 0.25) is 0 Å². The van der Waals surface area contributed by atoms with Gasteiger partial charge in [0.25, 0.3) is 10.2 Å². The third kappa shape index (κ3) is 2.21. The molecule has 0 aliphatic carbocycles. The van der Waals surface area contributed by atoms with Gasteiger partial charge in [-0.1, -0.05) is 0 Å². The molecular weight excluding hydrogens is 232 g/mol. The van der Waals surface area contributed by atoms with Gasteiger partial charge in [0.1, 0.15) is 0 Å². The van der Waals surface area contributed by atoms with Crippen LogP contribution in [0.15, 0.2) is 0 Å². The molecule has 0 aromatic heterocycles. The highest BCUT2D eigenvalue weighted by Crippen LogP contribution is 2.26. The standard InChI is InChI=1S/C9H16N2O4S/c12-9(13)5-8-6-11(7-8)16(14,15)10-3-1-2-4-10/h8H,1-7H2,(H,12,13). The smallest absolute Gasteiger partial charge is 0.303 e. The van der Waals surface area contributed by atoms with Gasteiger partial charge in [-0.25, -0.2) is 0 Å². The van der Waals surface area contributed by atoms with E-state index in [1.807, 2.05) is 0 Å².